The van der Waals surface area contributed by atoms with Gasteiger partial charge in [-0.1, -0.05) is 0 Å². The number of aliphatic hydroxyl groups is 4. The predicted octanol–water partition coefficient (Wildman–Crippen LogP) is -0.409. The van der Waals surface area contributed by atoms with Crippen molar-refractivity contribution in [2.45, 2.75) is 50.6 Å². The molecule has 1 aliphatic heterocycles. The standard InChI is InChI=1S/C6H12O5S.C6H15P.Au/c7-1-2-3(8)4(9)5(10)6(12)11-2;1-4-7(5-2)6-3;/h2-10,12H,1H2;4-6H2,1-3H3;/q;;+1/t2?,3-,4-,5?,6-;;/m0../s1. The third-order valence-electron chi connectivity index (χ3n) is 3.35. The first-order chi connectivity index (χ1) is 8.92. The van der Waals surface area contributed by atoms with Crippen LogP contribution in [0.5, 0.6) is 0 Å². The van der Waals surface area contributed by atoms with E-state index >= 15 is 0 Å². The fourth-order valence-corrected chi connectivity index (χ4v) is 3.62. The van der Waals surface area contributed by atoms with Crippen LogP contribution >= 0.6 is 7.92 Å². The van der Waals surface area contributed by atoms with E-state index in [4.69, 9.17) is 20.1 Å². The number of hydrogen-bond acceptors (Lipinski definition) is 6. The van der Waals surface area contributed by atoms with Gasteiger partial charge in [0.15, 0.2) is 0 Å². The zero-order chi connectivity index (χ0) is 15.0. The van der Waals surface area contributed by atoms with Crippen LogP contribution in [0.15, 0.2) is 0 Å². The molecular formula is C12H27AuO5PS+. The molecule has 4 N–H and O–H groups in total. The molecule has 126 valence electrons. The molecule has 8 heteroatoms. The third kappa shape index (κ3) is 7.54. The van der Waals surface area contributed by atoms with Gasteiger partial charge in [-0.2, -0.15) is 0 Å². The Morgan fingerprint density at radius 3 is 1.70 bits per heavy atom. The molecule has 0 aromatic rings. The Labute approximate surface area is 143 Å². The Bertz CT molecular complexity index is 226. The normalized spacial score (nSPS) is 33.1. The van der Waals surface area contributed by atoms with Gasteiger partial charge < -0.3 is 37.8 Å². The van der Waals surface area contributed by atoms with Crippen LogP contribution in [0, 0.1) is 0 Å². The molecule has 0 aromatic heterocycles. The van der Waals surface area contributed by atoms with E-state index in [9.17, 15) is 5.11 Å². The largest absolute Gasteiger partial charge is 1.00 e. The van der Waals surface area contributed by atoms with Crippen LogP contribution in [0.4, 0.5) is 0 Å². The first-order valence-corrected chi connectivity index (χ1v) is 9.31. The van der Waals surface area contributed by atoms with E-state index in [2.05, 4.69) is 33.4 Å². The Morgan fingerprint density at radius 1 is 0.950 bits per heavy atom. The maximum atomic E-state index is 9.18. The molecule has 1 aliphatic rings. The second-order valence-corrected chi connectivity index (χ2v) is 8.59. The summed E-state index contributed by atoms with van der Waals surface area (Å²) in [4.78, 5) is 0. The topological polar surface area (TPSA) is 90.2 Å². The van der Waals surface area contributed by atoms with Crippen LogP contribution in [-0.4, -0.2) is 75.4 Å². The van der Waals surface area contributed by atoms with Crippen molar-refractivity contribution in [3.63, 3.8) is 0 Å². The quantitative estimate of drug-likeness (QED) is 0.233. The van der Waals surface area contributed by atoms with E-state index in [1.54, 1.807) is 0 Å². The van der Waals surface area contributed by atoms with Gasteiger partial charge in [0.2, 0.25) is 0 Å². The Hall–Kier alpha value is 1.32. The van der Waals surface area contributed by atoms with E-state index in [1.165, 1.54) is 18.5 Å². The minimum absolute atomic E-state index is 0. The van der Waals surface area contributed by atoms with Crippen molar-refractivity contribution in [2.24, 2.45) is 0 Å². The van der Waals surface area contributed by atoms with Gasteiger partial charge in [0.05, 0.1) is 31.2 Å². The summed E-state index contributed by atoms with van der Waals surface area (Å²) in [7, 11) is 0.137. The fourth-order valence-electron chi connectivity index (χ4n) is 1.82. The molecule has 2 unspecified atom stereocenters. The van der Waals surface area contributed by atoms with Crippen LogP contribution in [0.2, 0.25) is 0 Å². The van der Waals surface area contributed by atoms with Gasteiger partial charge in [0.1, 0.15) is 18.3 Å². The van der Waals surface area contributed by atoms with Crippen molar-refractivity contribution in [3.05, 3.63) is 0 Å². The van der Waals surface area contributed by atoms with E-state index in [1.807, 2.05) is 0 Å². The number of ether oxygens (including phenoxy) is 1. The molecule has 5 atom stereocenters. The zero-order valence-corrected chi connectivity index (χ0v) is 16.1. The summed E-state index contributed by atoms with van der Waals surface area (Å²) in [6.45, 7) is 6.49. The van der Waals surface area contributed by atoms with Crippen molar-refractivity contribution < 1.29 is 47.5 Å². The SMILES string of the molecule is CC[PH+](CC)CC.OCC1O[C@@H]([S-])C(O)[C@@H](O)[C@H]1O.[Au+]. The summed E-state index contributed by atoms with van der Waals surface area (Å²) in [5, 5.41) is 36.1. The fraction of sp³-hybridized carbons (Fsp3) is 1.00. The summed E-state index contributed by atoms with van der Waals surface area (Å²) in [6.07, 6.45) is -0.459. The molecule has 20 heavy (non-hydrogen) atoms. The Balaban J connectivity index is 0. The van der Waals surface area contributed by atoms with Gasteiger partial charge in [0.25, 0.3) is 0 Å². The van der Waals surface area contributed by atoms with Crippen molar-refractivity contribution in [2.75, 3.05) is 25.1 Å². The van der Waals surface area contributed by atoms with Crippen molar-refractivity contribution >= 4 is 20.6 Å². The van der Waals surface area contributed by atoms with Gasteiger partial charge in [-0.25, -0.2) is 0 Å². The van der Waals surface area contributed by atoms with Crippen molar-refractivity contribution in [3.8, 4) is 0 Å². The third-order valence-corrected chi connectivity index (χ3v) is 6.74. The molecule has 5 nitrogen and oxygen atoms in total. The number of hydrogen-bond donors (Lipinski definition) is 4. The summed E-state index contributed by atoms with van der Waals surface area (Å²) < 4.78 is 4.84. The molecule has 0 aromatic carbocycles. The second-order valence-electron chi connectivity index (χ2n) is 4.51. The van der Waals surface area contributed by atoms with Crippen LogP contribution < -0.4 is 0 Å². The van der Waals surface area contributed by atoms with Gasteiger partial charge in [-0.15, -0.1) is 0 Å². The maximum absolute atomic E-state index is 9.18. The number of rotatable bonds is 4. The van der Waals surface area contributed by atoms with Crippen LogP contribution in [0.1, 0.15) is 20.8 Å². The molecule has 1 saturated heterocycles. The second kappa shape index (κ2) is 12.8. The van der Waals surface area contributed by atoms with E-state index in [0.29, 0.717) is 0 Å². The minimum atomic E-state index is -1.35. The Kier molecular flexibility index (Phi) is 15.1. The molecule has 1 fully saturated rings. The van der Waals surface area contributed by atoms with E-state index < -0.39 is 36.5 Å². The summed E-state index contributed by atoms with van der Waals surface area (Å²) in [6, 6.07) is 0. The first kappa shape index (κ1) is 23.6. The van der Waals surface area contributed by atoms with Crippen LogP contribution in [-0.2, 0) is 39.7 Å². The molecule has 0 spiro atoms. The average molecular weight is 511 g/mol. The predicted molar refractivity (Wildman–Crippen MR) is 81.1 cm³/mol. The number of aliphatic hydroxyl groups excluding tert-OH is 4. The summed E-state index contributed by atoms with van der Waals surface area (Å²) in [5.41, 5.74) is -0.986. The molecule has 0 aliphatic carbocycles. The zero-order valence-electron chi connectivity index (χ0n) is 12.1. The molecule has 0 bridgehead atoms. The molecule has 0 radical (unpaired) electrons. The minimum Gasteiger partial charge on any atom is -0.759 e. The van der Waals surface area contributed by atoms with Gasteiger partial charge in [-0.05, 0) is 34.1 Å². The van der Waals surface area contributed by atoms with Crippen LogP contribution in [0.25, 0.3) is 0 Å². The molecule has 0 amide bonds. The van der Waals surface area contributed by atoms with Gasteiger partial charge >= 0.3 is 22.4 Å². The van der Waals surface area contributed by atoms with Crippen LogP contribution in [0.3, 0.4) is 0 Å². The van der Waals surface area contributed by atoms with Crippen molar-refractivity contribution in [1.29, 1.82) is 0 Å². The molecule has 1 heterocycles. The van der Waals surface area contributed by atoms with Gasteiger partial charge in [-0.3, -0.25) is 0 Å². The monoisotopic (exact) mass is 511 g/mol. The molecular weight excluding hydrogens is 484 g/mol. The molecule has 0 saturated carbocycles. The average Bonchev–Trinajstić information content (AvgIpc) is 2.43. The van der Waals surface area contributed by atoms with Gasteiger partial charge in [0, 0.05) is 0 Å². The van der Waals surface area contributed by atoms with E-state index in [0.717, 1.165) is 0 Å². The van der Waals surface area contributed by atoms with Crippen molar-refractivity contribution in [1.82, 2.24) is 0 Å². The van der Waals surface area contributed by atoms with E-state index in [-0.39, 0.29) is 30.3 Å². The Morgan fingerprint density at radius 2 is 1.40 bits per heavy atom. The summed E-state index contributed by atoms with van der Waals surface area (Å²) >= 11 is 4.63. The maximum Gasteiger partial charge on any atom is 1.00 e. The first-order valence-electron chi connectivity index (χ1n) is 6.72. The molecule has 1 rings (SSSR count). The summed E-state index contributed by atoms with van der Waals surface area (Å²) in [5.74, 6) is 0. The smallest absolute Gasteiger partial charge is 0.759 e.